The van der Waals surface area contributed by atoms with Crippen molar-refractivity contribution in [2.24, 2.45) is 0 Å². The highest BCUT2D eigenvalue weighted by atomic mass is 16.6. The van der Waals surface area contributed by atoms with Gasteiger partial charge in [-0.3, -0.25) is 0 Å². The Morgan fingerprint density at radius 3 is 2.78 bits per heavy atom. The van der Waals surface area contributed by atoms with E-state index in [1.807, 2.05) is 12.1 Å². The molecule has 1 amide bonds. The number of pyridine rings is 1. The number of amides is 1. The number of carbonyl (C=O) groups excluding carboxylic acids is 1. The van der Waals surface area contributed by atoms with Crippen LogP contribution in [0.4, 0.5) is 10.6 Å². The third-order valence-electron chi connectivity index (χ3n) is 4.08. The number of carbonyl (C=O) groups is 1. The molecule has 0 radical (unpaired) electrons. The highest BCUT2D eigenvalue weighted by Crippen LogP contribution is 2.24. The van der Waals surface area contributed by atoms with Crippen LogP contribution in [0.15, 0.2) is 22.9 Å². The van der Waals surface area contributed by atoms with E-state index in [9.17, 15) is 4.79 Å². The molecule has 0 spiro atoms. The van der Waals surface area contributed by atoms with Crippen molar-refractivity contribution in [2.75, 3.05) is 24.5 Å². The van der Waals surface area contributed by atoms with E-state index >= 15 is 0 Å². The van der Waals surface area contributed by atoms with Gasteiger partial charge < -0.3 is 19.5 Å². The van der Waals surface area contributed by atoms with Gasteiger partial charge in [0.15, 0.2) is 6.10 Å². The van der Waals surface area contributed by atoms with Crippen LogP contribution >= 0.6 is 0 Å². The van der Waals surface area contributed by atoms with Gasteiger partial charge in [-0.1, -0.05) is 5.16 Å². The number of nitrogens with one attached hydrogen (secondary N) is 1. The number of cyclic esters (lactones) is 1. The molecule has 2 fully saturated rings. The number of anilines is 1. The van der Waals surface area contributed by atoms with E-state index in [-0.39, 0.29) is 0 Å². The summed E-state index contributed by atoms with van der Waals surface area (Å²) in [5, 5.41) is 6.49. The van der Waals surface area contributed by atoms with Gasteiger partial charge in [0, 0.05) is 24.8 Å². The van der Waals surface area contributed by atoms with Crippen molar-refractivity contribution in [3.63, 3.8) is 0 Å². The van der Waals surface area contributed by atoms with Gasteiger partial charge in [0.1, 0.15) is 5.82 Å². The van der Waals surface area contributed by atoms with Crippen LogP contribution in [0.3, 0.4) is 0 Å². The van der Waals surface area contributed by atoms with Gasteiger partial charge in [-0.25, -0.2) is 9.78 Å². The lowest BCUT2D eigenvalue weighted by molar-refractivity contribution is 0.120. The number of alkyl carbamates (subject to hydrolysis) is 1. The number of hydrogen-bond donors (Lipinski definition) is 1. The molecule has 1 N–H and O–H groups in total. The van der Waals surface area contributed by atoms with Crippen LogP contribution in [0.5, 0.6) is 0 Å². The van der Waals surface area contributed by atoms with Crippen molar-refractivity contribution >= 4 is 11.9 Å². The largest absolute Gasteiger partial charge is 0.434 e. The summed E-state index contributed by atoms with van der Waals surface area (Å²) in [4.78, 5) is 22.1. The Bertz CT molecular complexity index is 693. The Labute approximate surface area is 132 Å². The number of nitrogens with zero attached hydrogens (tertiary/aromatic N) is 4. The normalized spacial score (nSPS) is 21.1. The third-order valence-corrected chi connectivity index (χ3v) is 4.08. The van der Waals surface area contributed by atoms with Gasteiger partial charge in [0.05, 0.1) is 6.54 Å². The summed E-state index contributed by atoms with van der Waals surface area (Å²) >= 11 is 0. The first-order valence-electron chi connectivity index (χ1n) is 7.79. The number of ether oxygens (including phenoxy) is 1. The number of rotatable bonds is 3. The number of aromatic nitrogens is 3. The van der Waals surface area contributed by atoms with E-state index in [0.717, 1.165) is 24.5 Å². The van der Waals surface area contributed by atoms with E-state index in [4.69, 9.17) is 9.26 Å². The second-order valence-electron chi connectivity index (χ2n) is 5.68. The van der Waals surface area contributed by atoms with Crippen molar-refractivity contribution in [3.05, 3.63) is 24.2 Å². The van der Waals surface area contributed by atoms with Crippen molar-refractivity contribution < 1.29 is 14.1 Å². The molecule has 2 aromatic heterocycles. The van der Waals surface area contributed by atoms with E-state index in [2.05, 4.69) is 25.3 Å². The van der Waals surface area contributed by atoms with Crippen LogP contribution in [-0.2, 0) is 4.74 Å². The Balaban J connectivity index is 1.49. The summed E-state index contributed by atoms with van der Waals surface area (Å²) in [6.07, 6.45) is 4.47. The zero-order valence-electron chi connectivity index (χ0n) is 12.6. The Kier molecular flexibility index (Phi) is 3.57. The van der Waals surface area contributed by atoms with Gasteiger partial charge in [0.2, 0.25) is 5.82 Å². The maximum Gasteiger partial charge on any atom is 0.408 e. The molecule has 2 aliphatic heterocycles. The summed E-state index contributed by atoms with van der Waals surface area (Å²) in [6.45, 7) is 2.45. The molecule has 4 rings (SSSR count). The number of hydrogen-bond acceptors (Lipinski definition) is 7. The molecule has 120 valence electrons. The van der Waals surface area contributed by atoms with E-state index in [0.29, 0.717) is 18.3 Å². The lowest BCUT2D eigenvalue weighted by atomic mass is 10.1. The first-order chi connectivity index (χ1) is 11.3. The second-order valence-corrected chi connectivity index (χ2v) is 5.68. The van der Waals surface area contributed by atoms with Crippen molar-refractivity contribution in [1.82, 2.24) is 20.4 Å². The van der Waals surface area contributed by atoms with Crippen LogP contribution in [0.2, 0.25) is 0 Å². The highest BCUT2D eigenvalue weighted by Gasteiger charge is 2.29. The SMILES string of the molecule is O=C1NC[C@@H](c2nc(-c3ccc(N4CCCCC4)nc3)no2)O1. The fraction of sp³-hybridized carbons (Fsp3) is 0.467. The third kappa shape index (κ3) is 2.84. The van der Waals surface area contributed by atoms with Crippen LogP contribution in [-0.4, -0.2) is 40.9 Å². The maximum absolute atomic E-state index is 11.1. The minimum absolute atomic E-state index is 0.290. The average Bonchev–Trinajstić information content (AvgIpc) is 3.25. The molecule has 8 nitrogen and oxygen atoms in total. The highest BCUT2D eigenvalue weighted by molar-refractivity contribution is 5.69. The Morgan fingerprint density at radius 2 is 2.09 bits per heavy atom. The molecular weight excluding hydrogens is 298 g/mol. The fourth-order valence-electron chi connectivity index (χ4n) is 2.84. The number of piperidine rings is 1. The minimum atomic E-state index is -0.524. The molecule has 2 aliphatic rings. The smallest absolute Gasteiger partial charge is 0.408 e. The lowest BCUT2D eigenvalue weighted by Gasteiger charge is -2.27. The van der Waals surface area contributed by atoms with Gasteiger partial charge in [0.25, 0.3) is 5.89 Å². The van der Waals surface area contributed by atoms with E-state index in [1.54, 1.807) is 6.20 Å². The predicted octanol–water partition coefficient (Wildman–Crippen LogP) is 1.90. The lowest BCUT2D eigenvalue weighted by Crippen LogP contribution is -2.29. The quantitative estimate of drug-likeness (QED) is 0.924. The van der Waals surface area contributed by atoms with Crippen LogP contribution in [0, 0.1) is 0 Å². The Morgan fingerprint density at radius 1 is 1.22 bits per heavy atom. The summed E-state index contributed by atoms with van der Waals surface area (Å²) in [5.74, 6) is 1.71. The summed E-state index contributed by atoms with van der Waals surface area (Å²) in [6, 6.07) is 3.91. The topological polar surface area (TPSA) is 93.4 Å². The van der Waals surface area contributed by atoms with E-state index in [1.165, 1.54) is 19.3 Å². The molecule has 0 saturated carbocycles. The predicted molar refractivity (Wildman–Crippen MR) is 80.8 cm³/mol. The van der Waals surface area contributed by atoms with Crippen LogP contribution in [0.1, 0.15) is 31.3 Å². The zero-order chi connectivity index (χ0) is 15.6. The fourth-order valence-corrected chi connectivity index (χ4v) is 2.84. The standard InChI is InChI=1S/C15H17N5O3/c21-15-17-9-11(22-15)14-18-13(19-23-14)10-4-5-12(16-8-10)20-6-2-1-3-7-20/h4-5,8,11H,1-3,6-7,9H2,(H,17,21)/t11-/m0/s1. The summed E-state index contributed by atoms with van der Waals surface area (Å²) in [5.41, 5.74) is 0.776. The molecule has 0 aliphatic carbocycles. The average molecular weight is 315 g/mol. The van der Waals surface area contributed by atoms with Crippen molar-refractivity contribution in [3.8, 4) is 11.4 Å². The molecule has 8 heteroatoms. The molecule has 4 heterocycles. The first-order valence-corrected chi connectivity index (χ1v) is 7.79. The van der Waals surface area contributed by atoms with Crippen molar-refractivity contribution in [2.45, 2.75) is 25.4 Å². The monoisotopic (exact) mass is 315 g/mol. The molecule has 2 saturated heterocycles. The van der Waals surface area contributed by atoms with Crippen LogP contribution < -0.4 is 10.2 Å². The molecule has 0 unspecified atom stereocenters. The molecule has 0 bridgehead atoms. The minimum Gasteiger partial charge on any atom is -0.434 e. The zero-order valence-corrected chi connectivity index (χ0v) is 12.6. The van der Waals surface area contributed by atoms with Gasteiger partial charge in [-0.15, -0.1) is 0 Å². The van der Waals surface area contributed by atoms with Crippen LogP contribution in [0.25, 0.3) is 11.4 Å². The molecular formula is C15H17N5O3. The first kappa shape index (κ1) is 14.0. The van der Waals surface area contributed by atoms with Gasteiger partial charge in [-0.05, 0) is 31.4 Å². The maximum atomic E-state index is 11.1. The summed E-state index contributed by atoms with van der Waals surface area (Å²) in [7, 11) is 0. The summed E-state index contributed by atoms with van der Waals surface area (Å²) < 4.78 is 10.2. The molecule has 2 aromatic rings. The van der Waals surface area contributed by atoms with E-state index < -0.39 is 12.2 Å². The molecule has 23 heavy (non-hydrogen) atoms. The molecule has 1 atom stereocenters. The van der Waals surface area contributed by atoms with Gasteiger partial charge >= 0.3 is 6.09 Å². The van der Waals surface area contributed by atoms with Crippen molar-refractivity contribution in [1.29, 1.82) is 0 Å². The molecule has 0 aromatic carbocycles. The second kappa shape index (κ2) is 5.86. The Hall–Kier alpha value is -2.64. The van der Waals surface area contributed by atoms with Gasteiger partial charge in [-0.2, -0.15) is 4.98 Å².